The number of likely N-dealkylation sites (tertiary alicyclic amines) is 1. The molecule has 172 valence electrons. The number of ether oxygens (including phenoxy) is 1. The van der Waals surface area contributed by atoms with Gasteiger partial charge in [0, 0.05) is 25.3 Å². The molecule has 0 N–H and O–H groups in total. The van der Waals surface area contributed by atoms with Crippen molar-refractivity contribution in [2.45, 2.75) is 89.1 Å². The van der Waals surface area contributed by atoms with Crippen molar-refractivity contribution in [3.63, 3.8) is 0 Å². The van der Waals surface area contributed by atoms with Crippen molar-refractivity contribution in [1.29, 1.82) is 0 Å². The van der Waals surface area contributed by atoms with Crippen LogP contribution in [0.2, 0.25) is 0 Å². The molecule has 8 unspecified atom stereocenters. The minimum Gasteiger partial charge on any atom is -0.371 e. The van der Waals surface area contributed by atoms with Crippen LogP contribution in [0.25, 0.3) is 0 Å². The van der Waals surface area contributed by atoms with E-state index in [0.717, 1.165) is 54.9 Å². The minimum absolute atomic E-state index is 0.0454. The highest BCUT2D eigenvalue weighted by molar-refractivity contribution is 5.82. The summed E-state index contributed by atoms with van der Waals surface area (Å²) in [6, 6.07) is 0.508. The van der Waals surface area contributed by atoms with E-state index in [0.29, 0.717) is 25.2 Å². The van der Waals surface area contributed by atoms with E-state index >= 15 is 0 Å². The van der Waals surface area contributed by atoms with E-state index in [2.05, 4.69) is 22.9 Å². The molecule has 0 aromatic rings. The first-order valence-electron chi connectivity index (χ1n) is 13.5. The van der Waals surface area contributed by atoms with Crippen LogP contribution in [0.4, 0.5) is 0 Å². The Morgan fingerprint density at radius 3 is 2.48 bits per heavy atom. The summed E-state index contributed by atoms with van der Waals surface area (Å²) >= 11 is 0. The summed E-state index contributed by atoms with van der Waals surface area (Å²) in [4.78, 5) is 18.1. The van der Waals surface area contributed by atoms with E-state index < -0.39 is 0 Å². The van der Waals surface area contributed by atoms with Gasteiger partial charge in [-0.3, -0.25) is 4.79 Å². The number of hydrogen-bond acceptors (Lipinski definition) is 3. The summed E-state index contributed by atoms with van der Waals surface area (Å²) in [5.41, 5.74) is 1.24. The highest BCUT2D eigenvalue weighted by Crippen LogP contribution is 2.58. The number of rotatable bonds is 3. The van der Waals surface area contributed by atoms with E-state index in [-0.39, 0.29) is 6.04 Å². The molecule has 8 atom stereocenters. The van der Waals surface area contributed by atoms with Gasteiger partial charge in [0.1, 0.15) is 6.04 Å². The van der Waals surface area contributed by atoms with Crippen molar-refractivity contribution in [3.05, 3.63) is 11.8 Å². The number of carbonyl (C=O) groups is 1. The maximum Gasteiger partial charge on any atom is 0.245 e. The van der Waals surface area contributed by atoms with E-state index in [1.807, 2.05) is 0 Å². The molecule has 1 amide bonds. The van der Waals surface area contributed by atoms with E-state index in [1.54, 1.807) is 0 Å². The monoisotopic (exact) mass is 426 g/mol. The zero-order valence-electron chi connectivity index (χ0n) is 19.5. The van der Waals surface area contributed by atoms with Gasteiger partial charge in [-0.1, -0.05) is 12.8 Å². The molecule has 0 spiro atoms. The van der Waals surface area contributed by atoms with Gasteiger partial charge < -0.3 is 14.5 Å². The molecule has 1 saturated heterocycles. The Morgan fingerprint density at radius 2 is 1.68 bits per heavy atom. The Labute approximate surface area is 188 Å². The second-order valence-electron chi connectivity index (χ2n) is 11.7. The summed E-state index contributed by atoms with van der Waals surface area (Å²) in [5.74, 6) is 6.42. The van der Waals surface area contributed by atoms with Gasteiger partial charge in [0.15, 0.2) is 0 Å². The van der Waals surface area contributed by atoms with Gasteiger partial charge in [0.05, 0.1) is 13.2 Å². The average molecular weight is 427 g/mol. The quantitative estimate of drug-likeness (QED) is 0.647. The lowest BCUT2D eigenvalue weighted by atomic mass is 9.53. The highest BCUT2D eigenvalue weighted by Gasteiger charge is 2.50. The third-order valence-electron chi connectivity index (χ3n) is 10.6. The molecule has 2 heterocycles. The molecule has 0 radical (unpaired) electrons. The number of nitrogens with zero attached hydrogens (tertiary/aromatic N) is 2. The van der Waals surface area contributed by atoms with E-state index in [1.165, 1.54) is 69.9 Å². The van der Waals surface area contributed by atoms with Crippen LogP contribution < -0.4 is 0 Å². The fraction of sp³-hybridized carbons (Fsp3) is 0.889. The molecular weight excluding hydrogens is 384 g/mol. The smallest absolute Gasteiger partial charge is 0.245 e. The van der Waals surface area contributed by atoms with Crippen LogP contribution in [0, 0.1) is 35.5 Å². The van der Waals surface area contributed by atoms with Crippen molar-refractivity contribution < 1.29 is 9.53 Å². The van der Waals surface area contributed by atoms with E-state index in [4.69, 9.17) is 4.74 Å². The Bertz CT molecular complexity index is 720. The average Bonchev–Trinajstić information content (AvgIpc) is 3.57. The second-order valence-corrected chi connectivity index (χ2v) is 11.7. The highest BCUT2D eigenvalue weighted by atomic mass is 16.5. The maximum atomic E-state index is 13.5. The molecule has 0 bridgehead atoms. The molecule has 6 aliphatic rings. The molecule has 5 fully saturated rings. The molecule has 0 aromatic carbocycles. The molecular formula is C27H42N2O2. The Balaban J connectivity index is 1.10. The maximum absolute atomic E-state index is 13.5. The van der Waals surface area contributed by atoms with Crippen LogP contribution in [-0.2, 0) is 9.53 Å². The van der Waals surface area contributed by atoms with Gasteiger partial charge in [-0.25, -0.2) is 0 Å². The van der Waals surface area contributed by atoms with Crippen molar-refractivity contribution in [2.75, 3.05) is 26.8 Å². The number of likely N-dealkylation sites (N-methyl/N-ethyl adjacent to an activating group) is 1. The molecule has 4 nitrogen and oxygen atoms in total. The predicted molar refractivity (Wildman–Crippen MR) is 122 cm³/mol. The topological polar surface area (TPSA) is 32.8 Å². The SMILES string of the molecule is CN(C(=O)C1CCCN1C1=CCOC1)C1CCC2C(CCC3C4CCCC4CCC23)C1. The van der Waals surface area contributed by atoms with Crippen molar-refractivity contribution >= 4 is 5.91 Å². The van der Waals surface area contributed by atoms with Crippen LogP contribution in [0.3, 0.4) is 0 Å². The van der Waals surface area contributed by atoms with Crippen molar-refractivity contribution in [3.8, 4) is 0 Å². The number of hydrogen-bond donors (Lipinski definition) is 0. The van der Waals surface area contributed by atoms with Crippen molar-refractivity contribution in [2.24, 2.45) is 35.5 Å². The summed E-state index contributed by atoms with van der Waals surface area (Å²) in [6.07, 6.45) is 18.7. The van der Waals surface area contributed by atoms with Crippen LogP contribution in [0.15, 0.2) is 11.8 Å². The number of carbonyl (C=O) groups excluding carboxylic acids is 1. The standard InChI is InChI=1S/C27H42N2O2/c1-28(27(30)26-6-3-14-29(26)21-13-15-31-17-21)20-9-12-23-19(16-20)8-11-24-22-5-2-4-18(22)7-10-25(23)24/h13,18-20,22-26H,2-12,14-17H2,1H3. The molecule has 2 aliphatic heterocycles. The first-order valence-corrected chi connectivity index (χ1v) is 13.5. The lowest BCUT2D eigenvalue weighted by Crippen LogP contribution is -2.52. The third-order valence-corrected chi connectivity index (χ3v) is 10.6. The van der Waals surface area contributed by atoms with Crippen LogP contribution in [0.1, 0.15) is 77.0 Å². The normalized spacial score (nSPS) is 44.4. The summed E-state index contributed by atoms with van der Waals surface area (Å²) in [6.45, 7) is 2.41. The fourth-order valence-electron chi connectivity index (χ4n) is 9.16. The Morgan fingerprint density at radius 1 is 0.903 bits per heavy atom. The lowest BCUT2D eigenvalue weighted by molar-refractivity contribution is -0.138. The minimum atomic E-state index is 0.0454. The van der Waals surface area contributed by atoms with Gasteiger partial charge in [0.25, 0.3) is 0 Å². The van der Waals surface area contributed by atoms with E-state index in [9.17, 15) is 4.79 Å². The van der Waals surface area contributed by atoms with Crippen LogP contribution in [0.5, 0.6) is 0 Å². The zero-order chi connectivity index (χ0) is 20.9. The fourth-order valence-corrected chi connectivity index (χ4v) is 9.16. The third kappa shape index (κ3) is 3.56. The van der Waals surface area contributed by atoms with Gasteiger partial charge in [-0.15, -0.1) is 0 Å². The largest absolute Gasteiger partial charge is 0.371 e. The second kappa shape index (κ2) is 8.39. The summed E-state index contributed by atoms with van der Waals surface area (Å²) in [7, 11) is 2.11. The van der Waals surface area contributed by atoms with Gasteiger partial charge in [-0.2, -0.15) is 0 Å². The summed E-state index contributed by atoms with van der Waals surface area (Å²) < 4.78 is 5.54. The Hall–Kier alpha value is -1.03. The van der Waals surface area contributed by atoms with Gasteiger partial charge >= 0.3 is 0 Å². The van der Waals surface area contributed by atoms with Crippen molar-refractivity contribution in [1.82, 2.24) is 9.80 Å². The van der Waals surface area contributed by atoms with Gasteiger partial charge in [0.2, 0.25) is 5.91 Å². The first kappa shape index (κ1) is 20.6. The molecule has 0 aromatic heterocycles. The lowest BCUT2D eigenvalue weighted by Gasteiger charge is -2.53. The first-order chi connectivity index (χ1) is 15.2. The van der Waals surface area contributed by atoms with Crippen LogP contribution in [-0.4, -0.2) is 54.6 Å². The molecule has 4 heteroatoms. The predicted octanol–water partition coefficient (Wildman–Crippen LogP) is 4.84. The molecule has 4 saturated carbocycles. The number of fused-ring (bicyclic) bond motifs is 5. The molecule has 4 aliphatic carbocycles. The molecule has 6 rings (SSSR count). The molecule has 31 heavy (non-hydrogen) atoms. The van der Waals surface area contributed by atoms with Gasteiger partial charge in [-0.05, 0) is 106 Å². The number of amides is 1. The van der Waals surface area contributed by atoms with Crippen LogP contribution >= 0.6 is 0 Å². The Kier molecular flexibility index (Phi) is 5.57. The summed E-state index contributed by atoms with van der Waals surface area (Å²) in [5, 5.41) is 0. The zero-order valence-corrected chi connectivity index (χ0v) is 19.5.